The van der Waals surface area contributed by atoms with E-state index in [1.54, 1.807) is 0 Å². The molecule has 0 bridgehead atoms. The molecule has 2 aromatic rings. The predicted octanol–water partition coefficient (Wildman–Crippen LogP) is 4.72. The molecule has 0 spiro atoms. The van der Waals surface area contributed by atoms with Crippen molar-refractivity contribution in [2.75, 3.05) is 6.26 Å². The molecule has 0 aromatic carbocycles. The van der Waals surface area contributed by atoms with Gasteiger partial charge in [-0.3, -0.25) is 0 Å². The van der Waals surface area contributed by atoms with Crippen LogP contribution in [0.5, 0.6) is 0 Å². The predicted molar refractivity (Wildman–Crippen MR) is 91.2 cm³/mol. The Morgan fingerprint density at radius 3 is 2.76 bits per heavy atom. The zero-order valence-electron chi connectivity index (χ0n) is 12.9. The van der Waals surface area contributed by atoms with Gasteiger partial charge in [-0.25, -0.2) is 9.97 Å². The molecule has 21 heavy (non-hydrogen) atoms. The van der Waals surface area contributed by atoms with Crippen molar-refractivity contribution in [1.29, 1.82) is 0 Å². The van der Waals surface area contributed by atoms with Crippen molar-refractivity contribution in [1.82, 2.24) is 14.5 Å². The van der Waals surface area contributed by atoms with Crippen molar-refractivity contribution >= 4 is 34.5 Å². The van der Waals surface area contributed by atoms with Gasteiger partial charge in [-0.2, -0.15) is 11.8 Å². The number of aromatic nitrogens is 3. The van der Waals surface area contributed by atoms with Gasteiger partial charge in [0, 0.05) is 17.5 Å². The Morgan fingerprint density at radius 2 is 2.14 bits per heavy atom. The summed E-state index contributed by atoms with van der Waals surface area (Å²) < 4.78 is 2.58. The third kappa shape index (κ3) is 2.80. The van der Waals surface area contributed by atoms with Gasteiger partial charge in [0.15, 0.2) is 5.65 Å². The van der Waals surface area contributed by atoms with Crippen LogP contribution in [0, 0.1) is 6.92 Å². The molecular weight excluding hydrogens is 302 g/mol. The number of rotatable bonds is 4. The lowest BCUT2D eigenvalue weighted by Gasteiger charge is -2.28. The Hall–Kier alpha value is -0.740. The van der Waals surface area contributed by atoms with Crippen LogP contribution in [-0.4, -0.2) is 25.5 Å². The number of imidazole rings is 1. The number of hydrogen-bond donors (Lipinski definition) is 0. The van der Waals surface area contributed by atoms with Gasteiger partial charge in [-0.15, -0.1) is 11.6 Å². The Morgan fingerprint density at radius 1 is 1.43 bits per heavy atom. The van der Waals surface area contributed by atoms with Crippen LogP contribution in [0.4, 0.5) is 0 Å². The number of hydrogen-bond acceptors (Lipinski definition) is 3. The molecule has 114 valence electrons. The number of fused-ring (bicyclic) bond motifs is 1. The molecule has 1 unspecified atom stereocenters. The molecule has 1 aliphatic rings. The smallest absolute Gasteiger partial charge is 0.160 e. The minimum absolute atomic E-state index is 0.0974. The van der Waals surface area contributed by atoms with Crippen LogP contribution in [0.1, 0.15) is 49.4 Å². The van der Waals surface area contributed by atoms with Crippen molar-refractivity contribution in [3.8, 4) is 0 Å². The molecule has 2 aromatic heterocycles. The quantitative estimate of drug-likeness (QED) is 0.763. The molecular formula is C16H22ClN3S. The minimum atomic E-state index is -0.0974. The summed E-state index contributed by atoms with van der Waals surface area (Å²) >= 11 is 8.37. The second-order valence-electron chi connectivity index (χ2n) is 6.12. The van der Waals surface area contributed by atoms with Crippen molar-refractivity contribution in [3.63, 3.8) is 0 Å². The van der Waals surface area contributed by atoms with Crippen LogP contribution < -0.4 is 0 Å². The van der Waals surface area contributed by atoms with Crippen molar-refractivity contribution < 1.29 is 0 Å². The maximum Gasteiger partial charge on any atom is 0.160 e. The van der Waals surface area contributed by atoms with Crippen molar-refractivity contribution in [2.45, 2.75) is 56.2 Å². The summed E-state index contributed by atoms with van der Waals surface area (Å²) in [6.45, 7) is 5.01. The lowest BCUT2D eigenvalue weighted by atomic mass is 10.1. The van der Waals surface area contributed by atoms with Gasteiger partial charge in [0.2, 0.25) is 0 Å². The number of nitrogens with zero attached hydrogens (tertiary/aromatic N) is 3. The van der Waals surface area contributed by atoms with Gasteiger partial charge in [-0.1, -0.05) is 12.8 Å². The normalized spacial score (nSPS) is 19.2. The van der Waals surface area contributed by atoms with Crippen LogP contribution in [0.15, 0.2) is 12.3 Å². The third-order valence-electron chi connectivity index (χ3n) is 4.50. The summed E-state index contributed by atoms with van der Waals surface area (Å²) in [6, 6.07) is 2.10. The highest BCUT2D eigenvalue weighted by Gasteiger charge is 2.35. The number of halogens is 1. The maximum atomic E-state index is 6.38. The van der Waals surface area contributed by atoms with E-state index in [2.05, 4.69) is 28.8 Å². The Balaban J connectivity index is 2.09. The van der Waals surface area contributed by atoms with Gasteiger partial charge in [0.05, 0.1) is 5.38 Å². The van der Waals surface area contributed by atoms with Gasteiger partial charge in [-0.05, 0) is 44.6 Å². The standard InChI is InChI=1S/C16H22ClN3S/c1-11-8-13-15(18-9-11)20(14(19-13)12(2)17)10-16(21-3)6-4-5-7-16/h8-9,12H,4-7,10H2,1-3H3. The minimum Gasteiger partial charge on any atom is -0.310 e. The first-order valence-corrected chi connectivity index (χ1v) is 9.23. The number of thioether (sulfide) groups is 1. The molecule has 0 aliphatic heterocycles. The zero-order chi connectivity index (χ0) is 15.0. The first-order valence-electron chi connectivity index (χ1n) is 7.57. The fourth-order valence-corrected chi connectivity index (χ4v) is 4.44. The highest BCUT2D eigenvalue weighted by Crippen LogP contribution is 2.42. The number of pyridine rings is 1. The fraction of sp³-hybridized carbons (Fsp3) is 0.625. The van der Waals surface area contributed by atoms with Crippen LogP contribution in [-0.2, 0) is 6.54 Å². The molecule has 1 aliphatic carbocycles. The first-order chi connectivity index (χ1) is 10.0. The van der Waals surface area contributed by atoms with Crippen LogP contribution in [0.25, 0.3) is 11.2 Å². The second-order valence-corrected chi connectivity index (χ2v) is 8.05. The topological polar surface area (TPSA) is 30.7 Å². The lowest BCUT2D eigenvalue weighted by Crippen LogP contribution is -2.28. The lowest BCUT2D eigenvalue weighted by molar-refractivity contribution is 0.499. The molecule has 1 fully saturated rings. The molecule has 1 atom stereocenters. The summed E-state index contributed by atoms with van der Waals surface area (Å²) in [4.78, 5) is 9.36. The van der Waals surface area contributed by atoms with E-state index in [1.807, 2.05) is 24.9 Å². The van der Waals surface area contributed by atoms with Gasteiger partial charge in [0.25, 0.3) is 0 Å². The summed E-state index contributed by atoms with van der Waals surface area (Å²) in [5.41, 5.74) is 3.08. The number of alkyl halides is 1. The van der Waals surface area contributed by atoms with Crippen LogP contribution in [0.3, 0.4) is 0 Å². The van der Waals surface area contributed by atoms with Crippen LogP contribution >= 0.6 is 23.4 Å². The fourth-order valence-electron chi connectivity index (χ4n) is 3.32. The molecule has 2 heterocycles. The maximum absolute atomic E-state index is 6.38. The second kappa shape index (κ2) is 5.81. The van der Waals surface area contributed by atoms with E-state index < -0.39 is 0 Å². The van der Waals surface area contributed by atoms with Gasteiger partial charge >= 0.3 is 0 Å². The Kier molecular flexibility index (Phi) is 4.19. The SMILES string of the molecule is CSC1(Cn2c(C(C)Cl)nc3cc(C)cnc32)CCCC1. The van der Waals surface area contributed by atoms with Crippen molar-refractivity contribution in [3.05, 3.63) is 23.7 Å². The summed E-state index contributed by atoms with van der Waals surface area (Å²) in [5, 5.41) is -0.0974. The van der Waals surface area contributed by atoms with Crippen LogP contribution in [0.2, 0.25) is 0 Å². The van der Waals surface area contributed by atoms with E-state index in [1.165, 1.54) is 25.7 Å². The average Bonchev–Trinajstić information content (AvgIpc) is 3.05. The van der Waals surface area contributed by atoms with E-state index in [0.29, 0.717) is 4.75 Å². The molecule has 3 rings (SSSR count). The highest BCUT2D eigenvalue weighted by molar-refractivity contribution is 8.00. The van der Waals surface area contributed by atoms with E-state index in [-0.39, 0.29) is 5.38 Å². The summed E-state index contributed by atoms with van der Waals surface area (Å²) in [7, 11) is 0. The number of aryl methyl sites for hydroxylation is 1. The monoisotopic (exact) mass is 323 g/mol. The molecule has 0 N–H and O–H groups in total. The first kappa shape index (κ1) is 15.2. The third-order valence-corrected chi connectivity index (χ3v) is 6.10. The molecule has 1 saturated carbocycles. The molecule has 3 nitrogen and oxygen atoms in total. The Labute approximate surface area is 135 Å². The van der Waals surface area contributed by atoms with E-state index in [9.17, 15) is 0 Å². The van der Waals surface area contributed by atoms with E-state index in [0.717, 1.165) is 29.1 Å². The largest absolute Gasteiger partial charge is 0.310 e. The average molecular weight is 324 g/mol. The molecule has 5 heteroatoms. The molecule has 0 amide bonds. The van der Waals surface area contributed by atoms with Gasteiger partial charge in [0.1, 0.15) is 11.3 Å². The van der Waals surface area contributed by atoms with E-state index >= 15 is 0 Å². The zero-order valence-corrected chi connectivity index (χ0v) is 14.5. The highest BCUT2D eigenvalue weighted by atomic mass is 35.5. The van der Waals surface area contributed by atoms with Gasteiger partial charge < -0.3 is 4.57 Å². The summed E-state index contributed by atoms with van der Waals surface area (Å²) in [5.74, 6) is 0.949. The van der Waals surface area contributed by atoms with E-state index in [4.69, 9.17) is 16.6 Å². The van der Waals surface area contributed by atoms with Crippen molar-refractivity contribution in [2.24, 2.45) is 0 Å². The molecule has 0 radical (unpaired) electrons. The summed E-state index contributed by atoms with van der Waals surface area (Å²) in [6.07, 6.45) is 9.35. The molecule has 0 saturated heterocycles. The Bertz CT molecular complexity index is 644.